The zero-order chi connectivity index (χ0) is 13.6. The molecule has 0 heterocycles. The maximum atomic E-state index is 11.6. The van der Waals surface area contributed by atoms with Crippen molar-refractivity contribution in [1.29, 1.82) is 0 Å². The monoisotopic (exact) mass is 249 g/mol. The number of primary amides is 1. The third-order valence-corrected chi connectivity index (χ3v) is 2.67. The summed E-state index contributed by atoms with van der Waals surface area (Å²) in [5.41, 5.74) is 13.0. The third-order valence-electron chi connectivity index (χ3n) is 2.67. The molecule has 0 radical (unpaired) electrons. The van der Waals surface area contributed by atoms with E-state index in [1.807, 2.05) is 0 Å². The van der Waals surface area contributed by atoms with Crippen LogP contribution in [0.1, 0.15) is 12.5 Å². The first-order valence-electron chi connectivity index (χ1n) is 5.36. The Morgan fingerprint density at radius 1 is 1.67 bits per heavy atom. The highest BCUT2D eigenvalue weighted by molar-refractivity contribution is 5.85. The van der Waals surface area contributed by atoms with E-state index in [9.17, 15) is 9.90 Å². The number of nitrogens with one attached hydrogen (secondary N) is 1. The van der Waals surface area contributed by atoms with Crippen LogP contribution in [0.4, 0.5) is 0 Å². The van der Waals surface area contributed by atoms with Gasteiger partial charge >= 0.3 is 0 Å². The van der Waals surface area contributed by atoms with Crippen LogP contribution in [0.25, 0.3) is 10.4 Å². The molecule has 1 amide bonds. The highest BCUT2D eigenvalue weighted by Gasteiger charge is 2.32. The van der Waals surface area contributed by atoms with Crippen molar-refractivity contribution in [1.82, 2.24) is 5.32 Å². The van der Waals surface area contributed by atoms with Crippen molar-refractivity contribution in [2.75, 3.05) is 13.1 Å². The lowest BCUT2D eigenvalue weighted by atomic mass is 9.91. The lowest BCUT2D eigenvalue weighted by Crippen LogP contribution is -2.51. The second kappa shape index (κ2) is 5.90. The molecule has 4 N–H and O–H groups in total. The Balaban J connectivity index is 2.93. The van der Waals surface area contributed by atoms with Gasteiger partial charge in [0, 0.05) is 18.0 Å². The summed E-state index contributed by atoms with van der Waals surface area (Å²) in [6.07, 6.45) is 0. The fourth-order valence-electron chi connectivity index (χ4n) is 1.55. The SMILES string of the molecule is CC(NCCN=[N+]=[N-])(C(N)=O)c1cccc(O)c1. The largest absolute Gasteiger partial charge is 0.508 e. The van der Waals surface area contributed by atoms with Gasteiger partial charge in [-0.2, -0.15) is 0 Å². The molecule has 0 aliphatic carbocycles. The number of carbonyl (C=O) groups excluding carboxylic acids is 1. The van der Waals surface area contributed by atoms with Gasteiger partial charge in [0.25, 0.3) is 0 Å². The van der Waals surface area contributed by atoms with Gasteiger partial charge in [-0.05, 0) is 30.2 Å². The Morgan fingerprint density at radius 3 is 2.94 bits per heavy atom. The zero-order valence-electron chi connectivity index (χ0n) is 10.00. The number of benzene rings is 1. The summed E-state index contributed by atoms with van der Waals surface area (Å²) in [5.74, 6) is -0.522. The molecule has 0 aliphatic heterocycles. The second-order valence-electron chi connectivity index (χ2n) is 3.92. The molecule has 1 unspecified atom stereocenters. The molecule has 1 rings (SSSR count). The number of nitrogens with zero attached hydrogens (tertiary/aromatic N) is 3. The van der Waals surface area contributed by atoms with Gasteiger partial charge in [0.1, 0.15) is 11.3 Å². The minimum Gasteiger partial charge on any atom is -0.508 e. The van der Waals surface area contributed by atoms with Crippen LogP contribution in [0.5, 0.6) is 5.75 Å². The third kappa shape index (κ3) is 3.13. The molecule has 1 aromatic carbocycles. The van der Waals surface area contributed by atoms with E-state index in [1.54, 1.807) is 19.1 Å². The number of rotatable bonds is 6. The summed E-state index contributed by atoms with van der Waals surface area (Å²) in [6.45, 7) is 2.12. The van der Waals surface area contributed by atoms with Crippen LogP contribution >= 0.6 is 0 Å². The number of nitrogens with two attached hydrogens (primary N) is 1. The number of hydrogen-bond acceptors (Lipinski definition) is 4. The van der Waals surface area contributed by atoms with Gasteiger partial charge in [-0.3, -0.25) is 10.1 Å². The van der Waals surface area contributed by atoms with Gasteiger partial charge in [-0.1, -0.05) is 17.2 Å². The fourth-order valence-corrected chi connectivity index (χ4v) is 1.55. The van der Waals surface area contributed by atoms with Crippen LogP contribution in [-0.4, -0.2) is 24.1 Å². The zero-order valence-corrected chi connectivity index (χ0v) is 10.00. The predicted octanol–water partition coefficient (Wildman–Crippen LogP) is 0.993. The van der Waals surface area contributed by atoms with Gasteiger partial charge in [0.15, 0.2) is 0 Å². The molecule has 0 aliphatic rings. The number of carbonyl (C=O) groups is 1. The Labute approximate surface area is 104 Å². The molecular weight excluding hydrogens is 234 g/mol. The first kappa shape index (κ1) is 13.8. The van der Waals surface area contributed by atoms with Crippen LogP contribution < -0.4 is 11.1 Å². The maximum Gasteiger partial charge on any atom is 0.242 e. The predicted molar refractivity (Wildman–Crippen MR) is 66.7 cm³/mol. The number of aromatic hydroxyl groups is 1. The average Bonchev–Trinajstić information content (AvgIpc) is 2.34. The van der Waals surface area contributed by atoms with Crippen molar-refractivity contribution in [3.8, 4) is 5.75 Å². The van der Waals surface area contributed by atoms with Crippen LogP contribution in [0.15, 0.2) is 29.4 Å². The van der Waals surface area contributed by atoms with Gasteiger partial charge in [0.2, 0.25) is 5.91 Å². The topological polar surface area (TPSA) is 124 Å². The average molecular weight is 249 g/mol. The summed E-state index contributed by atoms with van der Waals surface area (Å²) in [5, 5.41) is 15.7. The maximum absolute atomic E-state index is 11.6. The molecule has 0 saturated heterocycles. The minimum absolute atomic E-state index is 0.0526. The van der Waals surface area contributed by atoms with Crippen LogP contribution in [0.3, 0.4) is 0 Å². The second-order valence-corrected chi connectivity index (χ2v) is 3.92. The highest BCUT2D eigenvalue weighted by Crippen LogP contribution is 2.23. The first-order chi connectivity index (χ1) is 8.50. The summed E-state index contributed by atoms with van der Waals surface area (Å²) in [4.78, 5) is 14.2. The molecule has 1 aromatic rings. The minimum atomic E-state index is -1.12. The van der Waals surface area contributed by atoms with Gasteiger partial charge < -0.3 is 10.8 Å². The van der Waals surface area contributed by atoms with Crippen LogP contribution in [0.2, 0.25) is 0 Å². The first-order valence-corrected chi connectivity index (χ1v) is 5.36. The molecule has 1 atom stereocenters. The van der Waals surface area contributed by atoms with Crippen molar-refractivity contribution >= 4 is 5.91 Å². The summed E-state index contributed by atoms with van der Waals surface area (Å²) in [6, 6.07) is 6.28. The molecular formula is C11H15N5O2. The highest BCUT2D eigenvalue weighted by atomic mass is 16.3. The van der Waals surface area contributed by atoms with E-state index in [4.69, 9.17) is 11.3 Å². The van der Waals surface area contributed by atoms with E-state index in [1.165, 1.54) is 12.1 Å². The van der Waals surface area contributed by atoms with E-state index in [0.29, 0.717) is 12.1 Å². The van der Waals surface area contributed by atoms with Crippen molar-refractivity contribution < 1.29 is 9.90 Å². The number of azide groups is 1. The van der Waals surface area contributed by atoms with E-state index in [0.717, 1.165) is 0 Å². The quantitative estimate of drug-likeness (QED) is 0.301. The van der Waals surface area contributed by atoms with Crippen molar-refractivity contribution in [3.05, 3.63) is 40.3 Å². The molecule has 7 nitrogen and oxygen atoms in total. The van der Waals surface area contributed by atoms with Crippen molar-refractivity contribution in [2.45, 2.75) is 12.5 Å². The lowest BCUT2D eigenvalue weighted by Gasteiger charge is -2.28. The number of hydrogen-bond donors (Lipinski definition) is 3. The van der Waals surface area contributed by atoms with Gasteiger partial charge in [-0.15, -0.1) is 0 Å². The number of amides is 1. The lowest BCUT2D eigenvalue weighted by molar-refractivity contribution is -0.124. The van der Waals surface area contributed by atoms with E-state index >= 15 is 0 Å². The molecule has 0 fully saturated rings. The standard InChI is InChI=1S/C11H15N5O2/c1-11(10(12)18,14-5-6-15-16-13)8-3-2-4-9(17)7-8/h2-4,7,14,17H,5-6H2,1H3,(H2,12,18). The normalized spacial score (nSPS) is 13.4. The van der Waals surface area contributed by atoms with Gasteiger partial charge in [-0.25, -0.2) is 0 Å². The van der Waals surface area contributed by atoms with E-state index in [-0.39, 0.29) is 12.3 Å². The van der Waals surface area contributed by atoms with Gasteiger partial charge in [0.05, 0.1) is 0 Å². The summed E-state index contributed by atoms with van der Waals surface area (Å²) < 4.78 is 0. The van der Waals surface area contributed by atoms with Crippen molar-refractivity contribution in [3.63, 3.8) is 0 Å². The van der Waals surface area contributed by atoms with Crippen LogP contribution in [0, 0.1) is 0 Å². The summed E-state index contributed by atoms with van der Waals surface area (Å²) >= 11 is 0. The number of phenolic OH excluding ortho intramolecular Hbond substituents is 1. The Kier molecular flexibility index (Phi) is 4.53. The Morgan fingerprint density at radius 2 is 2.39 bits per heavy atom. The molecule has 18 heavy (non-hydrogen) atoms. The molecule has 0 bridgehead atoms. The Hall–Kier alpha value is -2.24. The fraction of sp³-hybridized carbons (Fsp3) is 0.364. The smallest absolute Gasteiger partial charge is 0.242 e. The molecule has 0 aromatic heterocycles. The van der Waals surface area contributed by atoms with Crippen molar-refractivity contribution in [2.24, 2.45) is 10.8 Å². The molecule has 0 saturated carbocycles. The summed E-state index contributed by atoms with van der Waals surface area (Å²) in [7, 11) is 0. The van der Waals surface area contributed by atoms with E-state index < -0.39 is 11.4 Å². The number of phenols is 1. The molecule has 96 valence electrons. The van der Waals surface area contributed by atoms with Crippen LogP contribution in [-0.2, 0) is 10.3 Å². The van der Waals surface area contributed by atoms with E-state index in [2.05, 4.69) is 15.3 Å². The Bertz CT molecular complexity index is 484. The molecule has 7 heteroatoms. The molecule has 0 spiro atoms.